The SMILES string of the molecule is Cc1cc2[nH]c(P(=O)(O)O)cc2c(C)c1OC1=CC(C(C)C)=C(O)C=CC1. The van der Waals surface area contributed by atoms with Crippen molar-refractivity contribution in [3.8, 4) is 5.75 Å². The molecule has 7 heteroatoms. The third-order valence-corrected chi connectivity index (χ3v) is 5.54. The van der Waals surface area contributed by atoms with Gasteiger partial charge in [-0.2, -0.15) is 0 Å². The summed E-state index contributed by atoms with van der Waals surface area (Å²) in [6.45, 7) is 7.77. The average Bonchev–Trinajstić information content (AvgIpc) is 2.90. The molecule has 0 unspecified atom stereocenters. The fourth-order valence-corrected chi connectivity index (χ4v) is 3.81. The molecule has 1 heterocycles. The standard InChI is InChI=1S/C20H24NO5P/c1-11(2)15-9-14(6-5-7-18(15)22)26-20-12(3)8-17-16(13(20)4)10-19(21-17)27(23,24)25/h5,7-11,21-22H,6H2,1-4H3,(H2,23,24,25). The summed E-state index contributed by atoms with van der Waals surface area (Å²) in [5.41, 5.74) is 3.01. The molecule has 3 rings (SSSR count). The molecule has 0 amide bonds. The Hall–Kier alpha value is -2.27. The number of H-pyrrole nitrogens is 1. The molecule has 0 atom stereocenters. The van der Waals surface area contributed by atoms with Crippen molar-refractivity contribution >= 4 is 23.9 Å². The summed E-state index contributed by atoms with van der Waals surface area (Å²) in [5, 5.41) is 10.9. The van der Waals surface area contributed by atoms with Crippen LogP contribution in [0.5, 0.6) is 5.75 Å². The lowest BCUT2D eigenvalue weighted by Crippen LogP contribution is -2.03. The number of allylic oxidation sites excluding steroid dienone is 4. The van der Waals surface area contributed by atoms with Crippen LogP contribution in [-0.2, 0) is 4.57 Å². The predicted octanol–water partition coefficient (Wildman–Crippen LogP) is 4.28. The summed E-state index contributed by atoms with van der Waals surface area (Å²) in [7, 11) is -4.36. The zero-order valence-corrected chi connectivity index (χ0v) is 16.7. The Morgan fingerprint density at radius 2 is 1.93 bits per heavy atom. The van der Waals surface area contributed by atoms with Gasteiger partial charge in [-0.3, -0.25) is 4.57 Å². The van der Waals surface area contributed by atoms with Gasteiger partial charge in [0, 0.05) is 22.9 Å². The summed E-state index contributed by atoms with van der Waals surface area (Å²) < 4.78 is 17.7. The van der Waals surface area contributed by atoms with Crippen LogP contribution in [-0.4, -0.2) is 19.9 Å². The van der Waals surface area contributed by atoms with Crippen molar-refractivity contribution in [2.75, 3.05) is 0 Å². The fraction of sp³-hybridized carbons (Fsp3) is 0.300. The monoisotopic (exact) mass is 389 g/mol. The lowest BCUT2D eigenvalue weighted by Gasteiger charge is -2.15. The van der Waals surface area contributed by atoms with Crippen LogP contribution in [0.3, 0.4) is 0 Å². The highest BCUT2D eigenvalue weighted by Crippen LogP contribution is 2.38. The Morgan fingerprint density at radius 1 is 1.22 bits per heavy atom. The second-order valence-electron chi connectivity index (χ2n) is 7.12. The van der Waals surface area contributed by atoms with E-state index in [0.717, 1.165) is 16.7 Å². The van der Waals surface area contributed by atoms with Crippen LogP contribution in [0.25, 0.3) is 10.9 Å². The van der Waals surface area contributed by atoms with Crippen LogP contribution >= 0.6 is 7.60 Å². The number of fused-ring (bicyclic) bond motifs is 1. The molecule has 1 aromatic heterocycles. The van der Waals surface area contributed by atoms with E-state index in [1.54, 1.807) is 6.08 Å². The molecule has 6 nitrogen and oxygen atoms in total. The maximum absolute atomic E-state index is 11.6. The van der Waals surface area contributed by atoms with E-state index < -0.39 is 7.60 Å². The average molecular weight is 389 g/mol. The summed E-state index contributed by atoms with van der Waals surface area (Å²) in [6.07, 6.45) is 5.94. The first-order valence-corrected chi connectivity index (χ1v) is 10.4. The van der Waals surface area contributed by atoms with Gasteiger partial charge in [0.15, 0.2) is 0 Å². The van der Waals surface area contributed by atoms with Crippen molar-refractivity contribution in [3.05, 3.63) is 58.6 Å². The molecule has 0 aliphatic heterocycles. The van der Waals surface area contributed by atoms with Crippen LogP contribution in [0.15, 0.2) is 47.5 Å². The molecule has 144 valence electrons. The van der Waals surface area contributed by atoms with Crippen LogP contribution in [0.1, 0.15) is 31.4 Å². The minimum absolute atomic E-state index is 0.108. The molecule has 0 saturated carbocycles. The second kappa shape index (κ2) is 7.04. The van der Waals surface area contributed by atoms with Crippen molar-refractivity contribution in [1.82, 2.24) is 4.98 Å². The van der Waals surface area contributed by atoms with E-state index in [2.05, 4.69) is 4.98 Å². The second-order valence-corrected chi connectivity index (χ2v) is 8.69. The third kappa shape index (κ3) is 3.88. The van der Waals surface area contributed by atoms with Gasteiger partial charge in [-0.05, 0) is 55.2 Å². The Kier molecular flexibility index (Phi) is 5.08. The van der Waals surface area contributed by atoms with Gasteiger partial charge in [-0.1, -0.05) is 19.9 Å². The van der Waals surface area contributed by atoms with Crippen molar-refractivity contribution in [1.29, 1.82) is 0 Å². The van der Waals surface area contributed by atoms with E-state index in [1.807, 2.05) is 45.9 Å². The van der Waals surface area contributed by atoms with Crippen molar-refractivity contribution in [2.45, 2.75) is 34.1 Å². The van der Waals surface area contributed by atoms with Crippen molar-refractivity contribution in [3.63, 3.8) is 0 Å². The predicted molar refractivity (Wildman–Crippen MR) is 106 cm³/mol. The largest absolute Gasteiger partial charge is 0.508 e. The number of hydrogen-bond donors (Lipinski definition) is 4. The zero-order chi connectivity index (χ0) is 19.9. The number of hydrogen-bond acceptors (Lipinski definition) is 3. The number of ether oxygens (including phenoxy) is 1. The number of benzene rings is 1. The third-order valence-electron chi connectivity index (χ3n) is 4.67. The minimum atomic E-state index is -4.36. The van der Waals surface area contributed by atoms with Gasteiger partial charge in [0.05, 0.1) is 0 Å². The number of aromatic amines is 1. The summed E-state index contributed by atoms with van der Waals surface area (Å²) in [5.74, 6) is 1.74. The number of rotatable bonds is 4. The maximum Gasteiger partial charge on any atom is 0.372 e. The number of aryl methyl sites for hydroxylation is 2. The first-order valence-electron chi connectivity index (χ1n) is 8.75. The molecule has 0 spiro atoms. The molecule has 0 bridgehead atoms. The van der Waals surface area contributed by atoms with Gasteiger partial charge in [-0.25, -0.2) is 0 Å². The maximum atomic E-state index is 11.6. The highest BCUT2D eigenvalue weighted by atomic mass is 31.2. The van der Waals surface area contributed by atoms with E-state index in [1.165, 1.54) is 6.07 Å². The van der Waals surface area contributed by atoms with E-state index in [4.69, 9.17) is 4.74 Å². The molecule has 0 radical (unpaired) electrons. The lowest BCUT2D eigenvalue weighted by molar-refractivity contribution is 0.386. The first-order chi connectivity index (χ1) is 12.6. The number of nitrogens with one attached hydrogen (secondary N) is 1. The van der Waals surface area contributed by atoms with Gasteiger partial charge in [0.25, 0.3) is 0 Å². The van der Waals surface area contributed by atoms with Crippen LogP contribution in [0.2, 0.25) is 0 Å². The van der Waals surface area contributed by atoms with Gasteiger partial charge in [0.1, 0.15) is 22.7 Å². The number of aliphatic hydroxyl groups is 1. The summed E-state index contributed by atoms with van der Waals surface area (Å²) in [4.78, 5) is 21.6. The van der Waals surface area contributed by atoms with Gasteiger partial charge in [-0.15, -0.1) is 0 Å². The molecule has 0 fully saturated rings. The van der Waals surface area contributed by atoms with Gasteiger partial charge >= 0.3 is 7.60 Å². The molecule has 2 aromatic rings. The van der Waals surface area contributed by atoms with Gasteiger partial charge in [0.2, 0.25) is 0 Å². The van der Waals surface area contributed by atoms with Crippen LogP contribution < -0.4 is 10.2 Å². The molecule has 1 aliphatic carbocycles. The van der Waals surface area contributed by atoms with E-state index >= 15 is 0 Å². The quantitative estimate of drug-likeness (QED) is 0.585. The van der Waals surface area contributed by atoms with E-state index in [-0.39, 0.29) is 17.1 Å². The topological polar surface area (TPSA) is 103 Å². The Morgan fingerprint density at radius 3 is 2.56 bits per heavy atom. The smallest absolute Gasteiger partial charge is 0.372 e. The van der Waals surface area contributed by atoms with Crippen molar-refractivity contribution < 1.29 is 24.2 Å². The molecule has 1 aliphatic rings. The van der Waals surface area contributed by atoms with E-state index in [9.17, 15) is 19.5 Å². The number of aromatic nitrogens is 1. The lowest BCUT2D eigenvalue weighted by atomic mass is 10.0. The van der Waals surface area contributed by atoms with Crippen molar-refractivity contribution in [2.24, 2.45) is 5.92 Å². The van der Waals surface area contributed by atoms with Crippen LogP contribution in [0.4, 0.5) is 0 Å². The zero-order valence-electron chi connectivity index (χ0n) is 15.8. The van der Waals surface area contributed by atoms with Crippen LogP contribution in [0, 0.1) is 19.8 Å². The first kappa shape index (κ1) is 19.5. The highest BCUT2D eigenvalue weighted by molar-refractivity contribution is 7.60. The molecule has 0 saturated heterocycles. The molecule has 27 heavy (non-hydrogen) atoms. The molecular formula is C20H24NO5P. The Balaban J connectivity index is 2.06. The Labute approximate surface area is 158 Å². The summed E-state index contributed by atoms with van der Waals surface area (Å²) >= 11 is 0. The fourth-order valence-electron chi connectivity index (χ4n) is 3.25. The molecule has 4 N–H and O–H groups in total. The van der Waals surface area contributed by atoms with E-state index in [0.29, 0.717) is 28.8 Å². The Bertz CT molecular complexity index is 1040. The highest BCUT2D eigenvalue weighted by Gasteiger charge is 2.22. The van der Waals surface area contributed by atoms with Gasteiger partial charge < -0.3 is 24.6 Å². The normalized spacial score (nSPS) is 15.4. The molecule has 1 aromatic carbocycles. The number of aliphatic hydroxyl groups excluding tert-OH is 1. The molecular weight excluding hydrogens is 365 g/mol. The summed E-state index contributed by atoms with van der Waals surface area (Å²) in [6, 6.07) is 3.30. The minimum Gasteiger partial charge on any atom is -0.508 e.